The molecule has 2 rings (SSSR count). The predicted octanol–water partition coefficient (Wildman–Crippen LogP) is 2.33. The minimum absolute atomic E-state index is 0.168. The third-order valence-electron chi connectivity index (χ3n) is 3.95. The van der Waals surface area contributed by atoms with E-state index in [9.17, 15) is 5.11 Å². The molecule has 7 heteroatoms. The van der Waals surface area contributed by atoms with E-state index in [4.69, 9.17) is 11.6 Å². The Kier molecular flexibility index (Phi) is 5.99. The monoisotopic (exact) mass is 313 g/mol. The summed E-state index contributed by atoms with van der Waals surface area (Å²) in [5.74, 6) is 1.57. The van der Waals surface area contributed by atoms with Gasteiger partial charge in [-0.25, -0.2) is 0 Å². The van der Waals surface area contributed by atoms with Gasteiger partial charge in [-0.2, -0.15) is 15.0 Å². The highest BCUT2D eigenvalue weighted by molar-refractivity contribution is 6.28. The second kappa shape index (κ2) is 7.75. The molecule has 0 spiro atoms. The summed E-state index contributed by atoms with van der Waals surface area (Å²) in [5.41, 5.74) is 0. The molecule has 0 saturated heterocycles. The Morgan fingerprint density at radius 1 is 1.24 bits per heavy atom. The molecule has 6 nitrogen and oxygen atoms in total. The van der Waals surface area contributed by atoms with Crippen molar-refractivity contribution in [2.45, 2.75) is 45.6 Å². The summed E-state index contributed by atoms with van der Waals surface area (Å²) in [5, 5.41) is 13.1. The molecule has 1 aromatic heterocycles. The summed E-state index contributed by atoms with van der Waals surface area (Å²) in [6.07, 6.45) is 3.80. The van der Waals surface area contributed by atoms with Crippen LogP contribution in [-0.2, 0) is 0 Å². The SMILES string of the molecule is CCN(CC)c1nc(Cl)nc(NCC2CCCC(O)C2)n1. The smallest absolute Gasteiger partial charge is 0.231 e. The summed E-state index contributed by atoms with van der Waals surface area (Å²) in [6.45, 7) is 6.51. The van der Waals surface area contributed by atoms with Gasteiger partial charge in [-0.15, -0.1) is 0 Å². The van der Waals surface area contributed by atoms with Crippen LogP contribution in [0.2, 0.25) is 5.28 Å². The van der Waals surface area contributed by atoms with Crippen LogP contribution in [0.4, 0.5) is 11.9 Å². The number of nitrogens with one attached hydrogen (secondary N) is 1. The fraction of sp³-hybridized carbons (Fsp3) is 0.786. The standard InChI is InChI=1S/C14H24ClN5O/c1-3-20(4-2)14-18-12(15)17-13(19-14)16-9-10-6-5-7-11(21)8-10/h10-11,21H,3-9H2,1-2H3,(H,16,17,18,19). The number of hydrogen-bond acceptors (Lipinski definition) is 6. The van der Waals surface area contributed by atoms with E-state index in [2.05, 4.69) is 34.1 Å². The summed E-state index contributed by atoms with van der Waals surface area (Å²) in [4.78, 5) is 14.8. The van der Waals surface area contributed by atoms with Gasteiger partial charge in [0.1, 0.15) is 0 Å². The molecule has 118 valence electrons. The fourth-order valence-corrected chi connectivity index (χ4v) is 2.91. The first-order valence-electron chi connectivity index (χ1n) is 7.70. The number of rotatable bonds is 6. The summed E-state index contributed by atoms with van der Waals surface area (Å²) in [6, 6.07) is 0. The van der Waals surface area contributed by atoms with Crippen LogP contribution in [0.15, 0.2) is 0 Å². The number of hydrogen-bond donors (Lipinski definition) is 2. The van der Waals surface area contributed by atoms with Gasteiger partial charge in [0.15, 0.2) is 0 Å². The Balaban J connectivity index is 1.99. The van der Waals surface area contributed by atoms with Gasteiger partial charge in [-0.05, 0) is 50.6 Å². The maximum Gasteiger partial charge on any atom is 0.231 e. The van der Waals surface area contributed by atoms with E-state index in [1.807, 2.05) is 4.90 Å². The lowest BCUT2D eigenvalue weighted by atomic mass is 9.87. The number of anilines is 2. The third-order valence-corrected chi connectivity index (χ3v) is 4.12. The molecule has 0 radical (unpaired) electrons. The summed E-state index contributed by atoms with van der Waals surface area (Å²) >= 11 is 5.98. The van der Waals surface area contributed by atoms with Crippen molar-refractivity contribution >= 4 is 23.5 Å². The minimum Gasteiger partial charge on any atom is -0.393 e. The van der Waals surface area contributed by atoms with E-state index in [0.29, 0.717) is 17.8 Å². The number of aliphatic hydroxyl groups excluding tert-OH is 1. The van der Waals surface area contributed by atoms with Crippen molar-refractivity contribution in [3.8, 4) is 0 Å². The molecule has 0 bridgehead atoms. The first-order valence-corrected chi connectivity index (χ1v) is 8.08. The molecular weight excluding hydrogens is 290 g/mol. The van der Waals surface area contributed by atoms with E-state index < -0.39 is 0 Å². The Morgan fingerprint density at radius 2 is 2.00 bits per heavy atom. The fourth-order valence-electron chi connectivity index (χ4n) is 2.75. The van der Waals surface area contributed by atoms with Gasteiger partial charge < -0.3 is 15.3 Å². The summed E-state index contributed by atoms with van der Waals surface area (Å²) < 4.78 is 0. The van der Waals surface area contributed by atoms with Gasteiger partial charge in [0, 0.05) is 19.6 Å². The molecule has 1 aromatic rings. The van der Waals surface area contributed by atoms with Crippen LogP contribution in [0.25, 0.3) is 0 Å². The van der Waals surface area contributed by atoms with E-state index >= 15 is 0 Å². The van der Waals surface area contributed by atoms with Crippen LogP contribution in [0.5, 0.6) is 0 Å². The van der Waals surface area contributed by atoms with E-state index in [0.717, 1.165) is 45.3 Å². The highest BCUT2D eigenvalue weighted by Crippen LogP contribution is 2.24. The van der Waals surface area contributed by atoms with E-state index in [1.165, 1.54) is 0 Å². The Bertz CT molecular complexity index is 455. The zero-order valence-electron chi connectivity index (χ0n) is 12.7. The Hall–Kier alpha value is -1.14. The lowest BCUT2D eigenvalue weighted by molar-refractivity contribution is 0.104. The molecule has 1 saturated carbocycles. The Morgan fingerprint density at radius 3 is 2.67 bits per heavy atom. The van der Waals surface area contributed by atoms with Crippen molar-refractivity contribution in [1.82, 2.24) is 15.0 Å². The van der Waals surface area contributed by atoms with Crippen LogP contribution < -0.4 is 10.2 Å². The molecule has 1 heterocycles. The van der Waals surface area contributed by atoms with E-state index in [1.54, 1.807) is 0 Å². The highest BCUT2D eigenvalue weighted by atomic mass is 35.5. The zero-order valence-corrected chi connectivity index (χ0v) is 13.5. The molecule has 21 heavy (non-hydrogen) atoms. The molecule has 2 N–H and O–H groups in total. The van der Waals surface area contributed by atoms with Crippen molar-refractivity contribution in [2.75, 3.05) is 29.9 Å². The van der Waals surface area contributed by atoms with Crippen LogP contribution >= 0.6 is 11.6 Å². The van der Waals surface area contributed by atoms with Crippen LogP contribution in [-0.4, -0.2) is 45.8 Å². The lowest BCUT2D eigenvalue weighted by Gasteiger charge is -2.26. The quantitative estimate of drug-likeness (QED) is 0.839. The topological polar surface area (TPSA) is 74.2 Å². The van der Waals surface area contributed by atoms with Gasteiger partial charge in [0.05, 0.1) is 6.10 Å². The normalized spacial score (nSPS) is 22.1. The van der Waals surface area contributed by atoms with Crippen molar-refractivity contribution in [2.24, 2.45) is 5.92 Å². The van der Waals surface area contributed by atoms with E-state index in [-0.39, 0.29) is 11.4 Å². The van der Waals surface area contributed by atoms with Gasteiger partial charge in [0.25, 0.3) is 0 Å². The molecule has 0 aromatic carbocycles. The van der Waals surface area contributed by atoms with Crippen LogP contribution in [0.3, 0.4) is 0 Å². The molecule has 1 aliphatic rings. The van der Waals surface area contributed by atoms with Crippen molar-refractivity contribution in [1.29, 1.82) is 0 Å². The molecule has 2 atom stereocenters. The second-order valence-corrected chi connectivity index (χ2v) is 5.81. The van der Waals surface area contributed by atoms with Gasteiger partial charge >= 0.3 is 0 Å². The van der Waals surface area contributed by atoms with Crippen molar-refractivity contribution in [3.63, 3.8) is 0 Å². The second-order valence-electron chi connectivity index (χ2n) is 5.47. The highest BCUT2D eigenvalue weighted by Gasteiger charge is 2.20. The molecule has 0 amide bonds. The predicted molar refractivity (Wildman–Crippen MR) is 84.9 cm³/mol. The Labute approximate surface area is 131 Å². The first kappa shape index (κ1) is 16.2. The third kappa shape index (κ3) is 4.68. The first-order chi connectivity index (χ1) is 10.1. The summed E-state index contributed by atoms with van der Waals surface area (Å²) in [7, 11) is 0. The minimum atomic E-state index is -0.168. The van der Waals surface area contributed by atoms with Crippen LogP contribution in [0.1, 0.15) is 39.5 Å². The molecule has 0 aliphatic heterocycles. The average Bonchev–Trinajstić information content (AvgIpc) is 2.46. The maximum absolute atomic E-state index is 9.70. The maximum atomic E-state index is 9.70. The van der Waals surface area contributed by atoms with Crippen molar-refractivity contribution < 1.29 is 5.11 Å². The van der Waals surface area contributed by atoms with Gasteiger partial charge in [-0.3, -0.25) is 0 Å². The number of aliphatic hydroxyl groups is 1. The van der Waals surface area contributed by atoms with Crippen molar-refractivity contribution in [3.05, 3.63) is 5.28 Å². The number of nitrogens with zero attached hydrogens (tertiary/aromatic N) is 4. The molecular formula is C14H24ClN5O. The van der Waals surface area contributed by atoms with Gasteiger partial charge in [0.2, 0.25) is 17.2 Å². The number of aromatic nitrogens is 3. The average molecular weight is 314 g/mol. The molecule has 1 fully saturated rings. The number of halogens is 1. The zero-order chi connectivity index (χ0) is 15.2. The lowest BCUT2D eigenvalue weighted by Crippen LogP contribution is -2.27. The largest absolute Gasteiger partial charge is 0.393 e. The molecule has 2 unspecified atom stereocenters. The van der Waals surface area contributed by atoms with Gasteiger partial charge in [-0.1, -0.05) is 6.42 Å². The molecule has 1 aliphatic carbocycles. The van der Waals surface area contributed by atoms with Crippen LogP contribution in [0, 0.1) is 5.92 Å².